The fourth-order valence-corrected chi connectivity index (χ4v) is 3.52. The van der Waals surface area contributed by atoms with E-state index in [1.807, 2.05) is 12.1 Å². The fourth-order valence-electron chi connectivity index (χ4n) is 3.52. The van der Waals surface area contributed by atoms with Gasteiger partial charge in [-0.15, -0.1) is 0 Å². The van der Waals surface area contributed by atoms with Gasteiger partial charge in [0.05, 0.1) is 12.0 Å². The molecule has 0 radical (unpaired) electrons. The Morgan fingerprint density at radius 1 is 1.22 bits per heavy atom. The molecule has 140 valence electrons. The third-order valence-electron chi connectivity index (χ3n) is 4.84. The maximum absolute atomic E-state index is 13.3. The molecule has 6 nitrogen and oxygen atoms in total. The highest BCUT2D eigenvalue weighted by molar-refractivity contribution is 5.50. The predicted octanol–water partition coefficient (Wildman–Crippen LogP) is 3.07. The van der Waals surface area contributed by atoms with Crippen LogP contribution in [0.25, 0.3) is 0 Å². The SMILES string of the molecule is Nc1nc2c(c(NCC[C@@H](c3ccc(F)cc3)c3ccco3)n1)CCNC2. The largest absolute Gasteiger partial charge is 0.469 e. The molecule has 4 N–H and O–H groups in total. The molecule has 3 aromatic rings. The third kappa shape index (κ3) is 3.93. The first-order chi connectivity index (χ1) is 13.2. The molecule has 0 bridgehead atoms. The van der Waals surface area contributed by atoms with Crippen LogP contribution < -0.4 is 16.4 Å². The molecule has 0 amide bonds. The Labute approximate surface area is 157 Å². The Kier molecular flexibility index (Phi) is 5.02. The van der Waals surface area contributed by atoms with Crippen LogP contribution in [0.2, 0.25) is 0 Å². The minimum Gasteiger partial charge on any atom is -0.469 e. The van der Waals surface area contributed by atoms with E-state index in [0.717, 1.165) is 47.8 Å². The van der Waals surface area contributed by atoms with Crippen LogP contribution in [0.3, 0.4) is 0 Å². The molecule has 1 aromatic carbocycles. The molecule has 4 rings (SSSR count). The number of nitrogens with zero attached hydrogens (tertiary/aromatic N) is 2. The van der Waals surface area contributed by atoms with E-state index in [-0.39, 0.29) is 17.7 Å². The molecular formula is C20H22FN5O. The zero-order chi connectivity index (χ0) is 18.6. The summed E-state index contributed by atoms with van der Waals surface area (Å²) < 4.78 is 18.9. The summed E-state index contributed by atoms with van der Waals surface area (Å²) in [6.45, 7) is 2.29. The number of nitrogens with one attached hydrogen (secondary N) is 2. The lowest BCUT2D eigenvalue weighted by Gasteiger charge is -2.21. The van der Waals surface area contributed by atoms with Crippen LogP contribution in [-0.2, 0) is 13.0 Å². The van der Waals surface area contributed by atoms with Gasteiger partial charge >= 0.3 is 0 Å². The van der Waals surface area contributed by atoms with Gasteiger partial charge in [0.15, 0.2) is 0 Å². The molecule has 0 unspecified atom stereocenters. The molecule has 1 aliphatic heterocycles. The van der Waals surface area contributed by atoms with Gasteiger partial charge in [-0.1, -0.05) is 12.1 Å². The van der Waals surface area contributed by atoms with Gasteiger partial charge in [0.2, 0.25) is 5.95 Å². The molecule has 2 aromatic heterocycles. The second-order valence-corrected chi connectivity index (χ2v) is 6.62. The van der Waals surface area contributed by atoms with Gasteiger partial charge in [-0.3, -0.25) is 0 Å². The highest BCUT2D eigenvalue weighted by atomic mass is 19.1. The van der Waals surface area contributed by atoms with Crippen LogP contribution in [0.4, 0.5) is 16.2 Å². The topological polar surface area (TPSA) is 89.0 Å². The quantitative estimate of drug-likeness (QED) is 0.620. The minimum atomic E-state index is -0.244. The highest BCUT2D eigenvalue weighted by Gasteiger charge is 2.19. The van der Waals surface area contributed by atoms with Crippen molar-refractivity contribution < 1.29 is 8.81 Å². The Hall–Kier alpha value is -2.93. The molecule has 3 heterocycles. The summed E-state index contributed by atoms with van der Waals surface area (Å²) >= 11 is 0. The second kappa shape index (κ2) is 7.75. The number of fused-ring (bicyclic) bond motifs is 1. The molecule has 1 aliphatic rings. The van der Waals surface area contributed by atoms with Gasteiger partial charge in [-0.2, -0.15) is 4.98 Å². The van der Waals surface area contributed by atoms with Gasteiger partial charge in [-0.25, -0.2) is 9.37 Å². The van der Waals surface area contributed by atoms with E-state index < -0.39 is 0 Å². The van der Waals surface area contributed by atoms with E-state index in [1.54, 1.807) is 18.4 Å². The van der Waals surface area contributed by atoms with Crippen molar-refractivity contribution in [2.75, 3.05) is 24.1 Å². The van der Waals surface area contributed by atoms with Crippen molar-refractivity contribution in [2.45, 2.75) is 25.3 Å². The first kappa shape index (κ1) is 17.5. The molecule has 0 aliphatic carbocycles. The number of nitrogen functional groups attached to an aromatic ring is 1. The highest BCUT2D eigenvalue weighted by Crippen LogP contribution is 2.29. The normalized spacial score (nSPS) is 14.6. The van der Waals surface area contributed by atoms with Crippen molar-refractivity contribution in [1.82, 2.24) is 15.3 Å². The lowest BCUT2D eigenvalue weighted by molar-refractivity contribution is 0.477. The Bertz CT molecular complexity index is 895. The van der Waals surface area contributed by atoms with Crippen LogP contribution in [0.1, 0.15) is 34.9 Å². The van der Waals surface area contributed by atoms with Crippen molar-refractivity contribution >= 4 is 11.8 Å². The van der Waals surface area contributed by atoms with Crippen molar-refractivity contribution in [2.24, 2.45) is 0 Å². The summed E-state index contributed by atoms with van der Waals surface area (Å²) in [5, 5.41) is 6.71. The van der Waals surface area contributed by atoms with E-state index in [0.29, 0.717) is 13.1 Å². The zero-order valence-corrected chi connectivity index (χ0v) is 14.9. The summed E-state index contributed by atoms with van der Waals surface area (Å²) in [7, 11) is 0. The van der Waals surface area contributed by atoms with Crippen molar-refractivity contribution in [3.8, 4) is 0 Å². The molecule has 0 fully saturated rings. The van der Waals surface area contributed by atoms with E-state index in [1.165, 1.54) is 12.1 Å². The number of aromatic nitrogens is 2. The Balaban J connectivity index is 1.51. The van der Waals surface area contributed by atoms with Crippen LogP contribution in [0, 0.1) is 5.82 Å². The minimum absolute atomic E-state index is 0.0322. The van der Waals surface area contributed by atoms with E-state index in [9.17, 15) is 4.39 Å². The van der Waals surface area contributed by atoms with E-state index in [4.69, 9.17) is 10.2 Å². The summed E-state index contributed by atoms with van der Waals surface area (Å²) in [5.74, 6) is 1.73. The number of rotatable bonds is 6. The Morgan fingerprint density at radius 2 is 2.07 bits per heavy atom. The van der Waals surface area contributed by atoms with Gasteiger partial charge < -0.3 is 20.8 Å². The van der Waals surface area contributed by atoms with Crippen LogP contribution in [-0.4, -0.2) is 23.1 Å². The summed E-state index contributed by atoms with van der Waals surface area (Å²) in [6.07, 6.45) is 3.31. The molecule has 0 spiro atoms. The Morgan fingerprint density at radius 3 is 2.85 bits per heavy atom. The lowest BCUT2D eigenvalue weighted by atomic mass is 9.93. The average Bonchev–Trinajstić information content (AvgIpc) is 3.20. The first-order valence-corrected chi connectivity index (χ1v) is 9.09. The number of halogens is 1. The first-order valence-electron chi connectivity index (χ1n) is 9.09. The van der Waals surface area contributed by atoms with Crippen molar-refractivity contribution in [1.29, 1.82) is 0 Å². The smallest absolute Gasteiger partial charge is 0.222 e. The van der Waals surface area contributed by atoms with Crippen molar-refractivity contribution in [3.05, 3.63) is 71.1 Å². The van der Waals surface area contributed by atoms with Gasteiger partial charge in [0.25, 0.3) is 0 Å². The van der Waals surface area contributed by atoms with Gasteiger partial charge in [0.1, 0.15) is 17.4 Å². The standard InChI is InChI=1S/C20H22FN5O/c21-14-5-3-13(4-6-14)15(18-2-1-11-27-18)8-10-24-19-16-7-9-23-12-17(16)25-20(22)26-19/h1-6,11,15,23H,7-10,12H2,(H3,22,24,25,26)/t15-/m0/s1. The van der Waals surface area contributed by atoms with Crippen LogP contribution in [0.15, 0.2) is 47.1 Å². The fraction of sp³-hybridized carbons (Fsp3) is 0.300. The summed E-state index contributed by atoms with van der Waals surface area (Å²) in [4.78, 5) is 8.71. The lowest BCUT2D eigenvalue weighted by Crippen LogP contribution is -2.27. The molecular weight excluding hydrogens is 345 g/mol. The molecule has 1 atom stereocenters. The number of furan rings is 1. The number of hydrogen-bond acceptors (Lipinski definition) is 6. The molecule has 0 saturated carbocycles. The zero-order valence-electron chi connectivity index (χ0n) is 14.9. The molecule has 7 heteroatoms. The summed E-state index contributed by atoms with van der Waals surface area (Å²) in [5.41, 5.74) is 8.95. The maximum Gasteiger partial charge on any atom is 0.222 e. The molecule has 0 saturated heterocycles. The number of anilines is 2. The van der Waals surface area contributed by atoms with Gasteiger partial charge in [0, 0.05) is 24.6 Å². The second-order valence-electron chi connectivity index (χ2n) is 6.62. The van der Waals surface area contributed by atoms with Crippen LogP contribution in [0.5, 0.6) is 0 Å². The maximum atomic E-state index is 13.3. The molecule has 27 heavy (non-hydrogen) atoms. The number of nitrogens with two attached hydrogens (primary N) is 1. The monoisotopic (exact) mass is 367 g/mol. The average molecular weight is 367 g/mol. The van der Waals surface area contributed by atoms with Crippen molar-refractivity contribution in [3.63, 3.8) is 0 Å². The third-order valence-corrected chi connectivity index (χ3v) is 4.84. The predicted molar refractivity (Wildman–Crippen MR) is 102 cm³/mol. The van der Waals surface area contributed by atoms with E-state index >= 15 is 0 Å². The van der Waals surface area contributed by atoms with Gasteiger partial charge in [-0.05, 0) is 49.2 Å². The number of benzene rings is 1. The van der Waals surface area contributed by atoms with Crippen LogP contribution >= 0.6 is 0 Å². The van der Waals surface area contributed by atoms with E-state index in [2.05, 4.69) is 20.6 Å². The summed E-state index contributed by atoms with van der Waals surface area (Å²) in [6, 6.07) is 10.4. The number of hydrogen-bond donors (Lipinski definition) is 3.